The van der Waals surface area contributed by atoms with E-state index >= 15 is 0 Å². The Kier molecular flexibility index (Phi) is 7.11. The molecule has 0 saturated carbocycles. The lowest BCUT2D eigenvalue weighted by atomic mass is 10.1. The summed E-state index contributed by atoms with van der Waals surface area (Å²) in [5.41, 5.74) is 8.39. The molecule has 10 heteroatoms. The van der Waals surface area contributed by atoms with E-state index in [0.717, 1.165) is 29.2 Å². The Labute approximate surface area is 195 Å². The molecule has 1 saturated heterocycles. The van der Waals surface area contributed by atoms with Crippen LogP contribution in [0.25, 0.3) is 10.7 Å². The quantitative estimate of drug-likeness (QED) is 0.464. The molecule has 1 aliphatic heterocycles. The van der Waals surface area contributed by atoms with Gasteiger partial charge in [0.1, 0.15) is 0 Å². The summed E-state index contributed by atoms with van der Waals surface area (Å²) >= 11 is 2.84. The Bertz CT molecular complexity index is 1090. The highest BCUT2D eigenvalue weighted by molar-refractivity contribution is 7.99. The number of thioether (sulfide) groups is 1. The van der Waals surface area contributed by atoms with E-state index in [1.807, 2.05) is 35.1 Å². The maximum atomic E-state index is 12.6. The minimum absolute atomic E-state index is 0.117. The molecule has 2 aromatic heterocycles. The number of carbonyl (C=O) groups is 2. The summed E-state index contributed by atoms with van der Waals surface area (Å²) < 4.78 is 1.85. The molecule has 0 atom stereocenters. The second-order valence-electron chi connectivity index (χ2n) is 7.68. The van der Waals surface area contributed by atoms with Gasteiger partial charge in [-0.25, -0.2) is 0 Å². The van der Waals surface area contributed by atoms with Crippen LogP contribution >= 0.6 is 23.1 Å². The number of hydrogen-bond donors (Lipinski definition) is 2. The molecule has 1 aliphatic rings. The fourth-order valence-electron chi connectivity index (χ4n) is 3.68. The van der Waals surface area contributed by atoms with Gasteiger partial charge in [-0.1, -0.05) is 17.8 Å². The highest BCUT2D eigenvalue weighted by Gasteiger charge is 2.18. The first-order chi connectivity index (χ1) is 15.5. The fraction of sp³-hybridized carbons (Fsp3) is 0.364. The number of carbonyl (C=O) groups excluding carboxylic acids is 2. The van der Waals surface area contributed by atoms with Crippen molar-refractivity contribution in [2.24, 2.45) is 5.73 Å². The molecule has 0 radical (unpaired) electrons. The standard InChI is InChI=1S/C22H26N6O2S2/c1-15-13-16(27-9-2-3-10-27)6-7-17(15)24-20(30)14-32-22-26-25-21(18-5-4-12-31-18)28(22)11-8-19(23)29/h4-7,12-13H,2-3,8-11,14H2,1H3,(H2,23,29)(H,24,30). The van der Waals surface area contributed by atoms with E-state index in [4.69, 9.17) is 5.73 Å². The number of nitrogens with two attached hydrogens (primary N) is 1. The van der Waals surface area contributed by atoms with Crippen LogP contribution in [0, 0.1) is 6.92 Å². The lowest BCUT2D eigenvalue weighted by Gasteiger charge is -2.19. The second kappa shape index (κ2) is 10.2. The predicted octanol–water partition coefficient (Wildman–Crippen LogP) is 3.52. The fourth-order valence-corrected chi connectivity index (χ4v) is 5.17. The van der Waals surface area contributed by atoms with Gasteiger partial charge in [-0.2, -0.15) is 0 Å². The average molecular weight is 471 g/mol. The number of aryl methyl sites for hydroxylation is 1. The number of primary amides is 1. The SMILES string of the molecule is Cc1cc(N2CCCC2)ccc1NC(=O)CSc1nnc(-c2cccs2)n1CCC(N)=O. The van der Waals surface area contributed by atoms with Crippen molar-refractivity contribution in [3.8, 4) is 10.7 Å². The van der Waals surface area contributed by atoms with E-state index in [-0.39, 0.29) is 18.1 Å². The van der Waals surface area contributed by atoms with Crippen molar-refractivity contribution < 1.29 is 9.59 Å². The molecule has 168 valence electrons. The minimum Gasteiger partial charge on any atom is -0.372 e. The number of thiophene rings is 1. The molecular formula is C22H26N6O2S2. The molecule has 3 aromatic rings. The highest BCUT2D eigenvalue weighted by atomic mass is 32.2. The summed E-state index contributed by atoms with van der Waals surface area (Å²) in [6, 6.07) is 10.0. The van der Waals surface area contributed by atoms with Gasteiger partial charge in [0.2, 0.25) is 11.8 Å². The van der Waals surface area contributed by atoms with Crippen molar-refractivity contribution in [3.63, 3.8) is 0 Å². The van der Waals surface area contributed by atoms with Crippen LogP contribution in [0.1, 0.15) is 24.8 Å². The molecule has 3 heterocycles. The molecule has 3 N–H and O–H groups in total. The lowest BCUT2D eigenvalue weighted by molar-refractivity contribution is -0.118. The van der Waals surface area contributed by atoms with Gasteiger partial charge in [0.05, 0.1) is 10.6 Å². The summed E-state index contributed by atoms with van der Waals surface area (Å²) in [6.07, 6.45) is 2.64. The van der Waals surface area contributed by atoms with Crippen LogP contribution in [0.15, 0.2) is 40.9 Å². The van der Waals surface area contributed by atoms with Crippen LogP contribution < -0.4 is 16.0 Å². The number of rotatable bonds is 9. The van der Waals surface area contributed by atoms with Gasteiger partial charge in [-0.05, 0) is 55.0 Å². The van der Waals surface area contributed by atoms with Gasteiger partial charge in [0.15, 0.2) is 11.0 Å². The van der Waals surface area contributed by atoms with Crippen LogP contribution in [0.5, 0.6) is 0 Å². The van der Waals surface area contributed by atoms with Gasteiger partial charge in [0, 0.05) is 37.4 Å². The molecule has 0 unspecified atom stereocenters. The number of nitrogens with one attached hydrogen (secondary N) is 1. The zero-order valence-electron chi connectivity index (χ0n) is 17.9. The third-order valence-corrected chi connectivity index (χ3v) is 7.16. The van der Waals surface area contributed by atoms with Crippen molar-refractivity contribution >= 4 is 46.3 Å². The van der Waals surface area contributed by atoms with E-state index < -0.39 is 5.91 Å². The number of nitrogens with zero attached hydrogens (tertiary/aromatic N) is 4. The first-order valence-corrected chi connectivity index (χ1v) is 12.4. The maximum absolute atomic E-state index is 12.6. The summed E-state index contributed by atoms with van der Waals surface area (Å²) in [5, 5.41) is 14.1. The molecule has 0 bridgehead atoms. The summed E-state index contributed by atoms with van der Waals surface area (Å²) in [6.45, 7) is 4.56. The third-order valence-electron chi connectivity index (χ3n) is 5.33. The van der Waals surface area contributed by atoms with Gasteiger partial charge in [-0.3, -0.25) is 9.59 Å². The molecule has 1 aromatic carbocycles. The van der Waals surface area contributed by atoms with Crippen LogP contribution in [-0.2, 0) is 16.1 Å². The van der Waals surface area contributed by atoms with Gasteiger partial charge in [-0.15, -0.1) is 21.5 Å². The predicted molar refractivity (Wildman–Crippen MR) is 129 cm³/mol. The number of benzene rings is 1. The van der Waals surface area contributed by atoms with Gasteiger partial charge >= 0.3 is 0 Å². The van der Waals surface area contributed by atoms with Crippen molar-refractivity contribution in [3.05, 3.63) is 41.3 Å². The molecule has 4 rings (SSSR count). The second-order valence-corrected chi connectivity index (χ2v) is 9.57. The molecular weight excluding hydrogens is 444 g/mol. The molecule has 2 amide bonds. The Morgan fingerprint density at radius 1 is 1.22 bits per heavy atom. The molecule has 8 nitrogen and oxygen atoms in total. The summed E-state index contributed by atoms with van der Waals surface area (Å²) in [5.74, 6) is 0.357. The zero-order chi connectivity index (χ0) is 22.5. The monoisotopic (exact) mass is 470 g/mol. The van der Waals surface area contributed by atoms with Crippen molar-refractivity contribution in [2.45, 2.75) is 37.9 Å². The zero-order valence-corrected chi connectivity index (χ0v) is 19.5. The number of amides is 2. The largest absolute Gasteiger partial charge is 0.372 e. The Morgan fingerprint density at radius 2 is 2.03 bits per heavy atom. The number of hydrogen-bond acceptors (Lipinski definition) is 7. The third kappa shape index (κ3) is 5.31. The smallest absolute Gasteiger partial charge is 0.234 e. The van der Waals surface area contributed by atoms with Crippen LogP contribution in [0.4, 0.5) is 11.4 Å². The van der Waals surface area contributed by atoms with Crippen LogP contribution in [-0.4, -0.2) is 45.4 Å². The molecule has 1 fully saturated rings. The van der Waals surface area contributed by atoms with E-state index in [1.165, 1.54) is 30.3 Å². The first-order valence-electron chi connectivity index (χ1n) is 10.5. The van der Waals surface area contributed by atoms with Gasteiger partial charge < -0.3 is 20.5 Å². The van der Waals surface area contributed by atoms with Crippen LogP contribution in [0.3, 0.4) is 0 Å². The Morgan fingerprint density at radius 3 is 2.72 bits per heavy atom. The topological polar surface area (TPSA) is 106 Å². The van der Waals surface area contributed by atoms with Crippen LogP contribution in [0.2, 0.25) is 0 Å². The van der Waals surface area contributed by atoms with E-state index in [9.17, 15) is 9.59 Å². The highest BCUT2D eigenvalue weighted by Crippen LogP contribution is 2.28. The Hall–Kier alpha value is -2.85. The number of anilines is 2. The van der Waals surface area contributed by atoms with E-state index in [1.54, 1.807) is 11.3 Å². The normalized spacial score (nSPS) is 13.5. The van der Waals surface area contributed by atoms with Crippen molar-refractivity contribution in [1.29, 1.82) is 0 Å². The first kappa shape index (κ1) is 22.3. The molecule has 32 heavy (non-hydrogen) atoms. The summed E-state index contributed by atoms with van der Waals surface area (Å²) in [4.78, 5) is 27.3. The number of aromatic nitrogens is 3. The Balaban J connectivity index is 1.41. The molecule has 0 spiro atoms. The van der Waals surface area contributed by atoms with E-state index in [2.05, 4.69) is 32.5 Å². The lowest BCUT2D eigenvalue weighted by Crippen LogP contribution is -2.19. The van der Waals surface area contributed by atoms with E-state index in [0.29, 0.717) is 17.5 Å². The average Bonchev–Trinajstić information content (AvgIpc) is 3.53. The van der Waals surface area contributed by atoms with Crippen molar-refractivity contribution in [2.75, 3.05) is 29.1 Å². The van der Waals surface area contributed by atoms with Gasteiger partial charge in [0.25, 0.3) is 0 Å². The molecule has 0 aliphatic carbocycles. The van der Waals surface area contributed by atoms with Crippen molar-refractivity contribution in [1.82, 2.24) is 14.8 Å². The summed E-state index contributed by atoms with van der Waals surface area (Å²) in [7, 11) is 0. The maximum Gasteiger partial charge on any atom is 0.234 e. The minimum atomic E-state index is -0.391.